The molecular formula is C21H26N4O5S. The SMILES string of the molecule is CN(C(=O)OC(C)(C)C)C1CCN(S(=O)(=O)c2ccc3[nH]c(=O)c4[nH]ccc4c3c2)C1. The van der Waals surface area contributed by atoms with E-state index in [0.717, 1.165) is 0 Å². The zero-order valence-electron chi connectivity index (χ0n) is 17.9. The number of hydrogen-bond acceptors (Lipinski definition) is 5. The highest BCUT2D eigenvalue weighted by Crippen LogP contribution is 2.28. The van der Waals surface area contributed by atoms with Crippen LogP contribution in [0.1, 0.15) is 27.2 Å². The Morgan fingerprint density at radius 2 is 1.97 bits per heavy atom. The van der Waals surface area contributed by atoms with Crippen LogP contribution in [-0.4, -0.2) is 65.5 Å². The van der Waals surface area contributed by atoms with E-state index in [-0.39, 0.29) is 23.0 Å². The van der Waals surface area contributed by atoms with E-state index in [4.69, 9.17) is 4.74 Å². The maximum absolute atomic E-state index is 13.3. The topological polar surface area (TPSA) is 116 Å². The van der Waals surface area contributed by atoms with E-state index < -0.39 is 21.7 Å². The van der Waals surface area contributed by atoms with E-state index >= 15 is 0 Å². The molecule has 0 aliphatic carbocycles. The molecule has 1 aliphatic heterocycles. The lowest BCUT2D eigenvalue weighted by Gasteiger charge is -2.28. The van der Waals surface area contributed by atoms with Gasteiger partial charge >= 0.3 is 6.09 Å². The molecule has 1 aliphatic rings. The summed E-state index contributed by atoms with van der Waals surface area (Å²) in [5, 5.41) is 1.32. The van der Waals surface area contributed by atoms with E-state index in [1.165, 1.54) is 15.3 Å². The zero-order valence-corrected chi connectivity index (χ0v) is 18.7. The first-order valence-electron chi connectivity index (χ1n) is 10.1. The minimum Gasteiger partial charge on any atom is -0.444 e. The van der Waals surface area contributed by atoms with Crippen LogP contribution in [0.3, 0.4) is 0 Å². The number of nitrogens with zero attached hydrogens (tertiary/aromatic N) is 2. The average molecular weight is 447 g/mol. The number of sulfonamides is 1. The largest absolute Gasteiger partial charge is 0.444 e. The molecule has 1 aromatic carbocycles. The first kappa shape index (κ1) is 21.4. The van der Waals surface area contributed by atoms with Crippen molar-refractivity contribution in [1.29, 1.82) is 0 Å². The maximum atomic E-state index is 13.3. The fourth-order valence-corrected chi connectivity index (χ4v) is 5.38. The molecule has 2 aromatic heterocycles. The van der Waals surface area contributed by atoms with Gasteiger partial charge < -0.3 is 19.6 Å². The highest BCUT2D eigenvalue weighted by atomic mass is 32.2. The number of pyridine rings is 1. The molecule has 3 heterocycles. The molecule has 0 saturated carbocycles. The number of rotatable bonds is 3. The number of carbonyl (C=O) groups excluding carboxylic acids is 1. The number of aromatic amines is 2. The van der Waals surface area contributed by atoms with E-state index in [1.54, 1.807) is 52.2 Å². The minimum absolute atomic E-state index is 0.148. The van der Waals surface area contributed by atoms with Gasteiger partial charge in [-0.2, -0.15) is 4.31 Å². The molecule has 1 amide bonds. The van der Waals surface area contributed by atoms with Gasteiger partial charge in [-0.15, -0.1) is 0 Å². The van der Waals surface area contributed by atoms with Gasteiger partial charge in [0.15, 0.2) is 0 Å². The minimum atomic E-state index is -3.77. The van der Waals surface area contributed by atoms with Crippen molar-refractivity contribution in [2.24, 2.45) is 0 Å². The summed E-state index contributed by atoms with van der Waals surface area (Å²) in [7, 11) is -2.14. The number of amides is 1. The van der Waals surface area contributed by atoms with Crippen molar-refractivity contribution in [3.8, 4) is 0 Å². The van der Waals surface area contributed by atoms with Crippen LogP contribution in [0.4, 0.5) is 4.79 Å². The second kappa shape index (κ2) is 7.38. The summed E-state index contributed by atoms with van der Waals surface area (Å²) in [5.41, 5.74) is 0.101. The van der Waals surface area contributed by atoms with Crippen LogP contribution in [-0.2, 0) is 14.8 Å². The molecule has 0 bridgehead atoms. The van der Waals surface area contributed by atoms with E-state index in [0.29, 0.717) is 34.8 Å². The third-order valence-electron chi connectivity index (χ3n) is 5.50. The second-order valence-corrected chi connectivity index (χ2v) is 10.8. The first-order valence-corrected chi connectivity index (χ1v) is 11.5. The van der Waals surface area contributed by atoms with E-state index in [2.05, 4.69) is 9.97 Å². The number of H-pyrrole nitrogens is 2. The van der Waals surface area contributed by atoms with E-state index in [9.17, 15) is 18.0 Å². The molecule has 1 saturated heterocycles. The third-order valence-corrected chi connectivity index (χ3v) is 7.36. The molecule has 1 fully saturated rings. The molecule has 3 aromatic rings. The van der Waals surface area contributed by atoms with Gasteiger partial charge in [-0.1, -0.05) is 0 Å². The summed E-state index contributed by atoms with van der Waals surface area (Å²) < 4.78 is 33.4. The molecule has 0 spiro atoms. The van der Waals surface area contributed by atoms with Crippen LogP contribution < -0.4 is 5.56 Å². The Bertz CT molecular complexity index is 1320. The second-order valence-electron chi connectivity index (χ2n) is 8.82. The predicted octanol–water partition coefficient (Wildman–Crippen LogP) is 2.64. The van der Waals surface area contributed by atoms with Gasteiger partial charge in [0.05, 0.1) is 4.90 Å². The monoisotopic (exact) mass is 446 g/mol. The Kier molecular flexibility index (Phi) is 5.09. The lowest BCUT2D eigenvalue weighted by Crippen LogP contribution is -2.42. The van der Waals surface area contributed by atoms with Gasteiger partial charge in [-0.25, -0.2) is 13.2 Å². The van der Waals surface area contributed by atoms with Crippen LogP contribution >= 0.6 is 0 Å². The molecule has 31 heavy (non-hydrogen) atoms. The number of likely N-dealkylation sites (N-methyl/N-ethyl adjacent to an activating group) is 1. The van der Waals surface area contributed by atoms with Gasteiger partial charge in [0.2, 0.25) is 10.0 Å². The third kappa shape index (κ3) is 3.92. The lowest BCUT2D eigenvalue weighted by molar-refractivity contribution is 0.0232. The van der Waals surface area contributed by atoms with Crippen molar-refractivity contribution in [2.75, 3.05) is 20.1 Å². The van der Waals surface area contributed by atoms with Crippen molar-refractivity contribution in [3.63, 3.8) is 0 Å². The predicted molar refractivity (Wildman–Crippen MR) is 118 cm³/mol. The summed E-state index contributed by atoms with van der Waals surface area (Å²) in [6.07, 6.45) is 1.71. The number of benzene rings is 1. The van der Waals surface area contributed by atoms with Gasteiger partial charge in [0, 0.05) is 48.7 Å². The Balaban J connectivity index is 1.60. The van der Waals surface area contributed by atoms with Crippen LogP contribution in [0.25, 0.3) is 21.8 Å². The van der Waals surface area contributed by atoms with Crippen molar-refractivity contribution in [3.05, 3.63) is 40.8 Å². The summed E-state index contributed by atoms with van der Waals surface area (Å²) in [4.78, 5) is 31.7. The van der Waals surface area contributed by atoms with Crippen molar-refractivity contribution >= 4 is 37.9 Å². The Morgan fingerprint density at radius 1 is 1.23 bits per heavy atom. The molecule has 10 heteroatoms. The Hall–Kier alpha value is -2.85. The molecule has 1 atom stereocenters. The first-order chi connectivity index (χ1) is 14.5. The van der Waals surface area contributed by atoms with Crippen molar-refractivity contribution < 1.29 is 17.9 Å². The molecule has 2 N–H and O–H groups in total. The Morgan fingerprint density at radius 3 is 2.68 bits per heavy atom. The number of fused-ring (bicyclic) bond motifs is 3. The molecule has 4 rings (SSSR count). The number of aromatic nitrogens is 2. The molecule has 0 radical (unpaired) electrons. The maximum Gasteiger partial charge on any atom is 0.410 e. The summed E-state index contributed by atoms with van der Waals surface area (Å²) in [6.45, 7) is 5.88. The molecular weight excluding hydrogens is 420 g/mol. The van der Waals surface area contributed by atoms with Crippen LogP contribution in [0.5, 0.6) is 0 Å². The quantitative estimate of drug-likeness (QED) is 0.642. The van der Waals surface area contributed by atoms with Crippen molar-refractivity contribution in [1.82, 2.24) is 19.2 Å². The van der Waals surface area contributed by atoms with Crippen LogP contribution in [0, 0.1) is 0 Å². The molecule has 9 nitrogen and oxygen atoms in total. The summed E-state index contributed by atoms with van der Waals surface area (Å²) in [5.74, 6) is 0. The zero-order chi connectivity index (χ0) is 22.6. The van der Waals surface area contributed by atoms with Gasteiger partial charge in [-0.3, -0.25) is 4.79 Å². The lowest BCUT2D eigenvalue weighted by atomic mass is 10.1. The number of nitrogens with one attached hydrogen (secondary N) is 2. The summed E-state index contributed by atoms with van der Waals surface area (Å²) in [6, 6.07) is 6.18. The standard InChI is InChI=1S/C21H26N4O5S/c1-21(2,3)30-20(27)24(4)13-8-10-25(12-13)31(28,29)14-5-6-17-16(11-14)15-7-9-22-18(15)19(26)23-17/h5-7,9,11,13,22H,8,10,12H2,1-4H3,(H,23,26). The van der Waals surface area contributed by atoms with Gasteiger partial charge in [0.25, 0.3) is 5.56 Å². The normalized spacial score (nSPS) is 18.0. The molecule has 1 unspecified atom stereocenters. The Labute approximate surface area is 180 Å². The number of ether oxygens (including phenoxy) is 1. The fourth-order valence-electron chi connectivity index (χ4n) is 3.86. The number of hydrogen-bond donors (Lipinski definition) is 2. The number of carbonyl (C=O) groups is 1. The molecule has 166 valence electrons. The smallest absolute Gasteiger partial charge is 0.410 e. The van der Waals surface area contributed by atoms with Crippen LogP contribution in [0.2, 0.25) is 0 Å². The van der Waals surface area contributed by atoms with Gasteiger partial charge in [-0.05, 0) is 51.5 Å². The average Bonchev–Trinajstić information content (AvgIpc) is 3.36. The summed E-state index contributed by atoms with van der Waals surface area (Å²) >= 11 is 0. The van der Waals surface area contributed by atoms with E-state index in [1.807, 2.05) is 0 Å². The fraction of sp³-hybridized carbons (Fsp3) is 0.429. The van der Waals surface area contributed by atoms with Crippen LogP contribution in [0.15, 0.2) is 40.2 Å². The highest BCUT2D eigenvalue weighted by molar-refractivity contribution is 7.89. The highest BCUT2D eigenvalue weighted by Gasteiger charge is 2.37. The van der Waals surface area contributed by atoms with Crippen molar-refractivity contribution in [2.45, 2.75) is 43.7 Å². The van der Waals surface area contributed by atoms with Gasteiger partial charge in [0.1, 0.15) is 11.1 Å².